The van der Waals surface area contributed by atoms with E-state index in [4.69, 9.17) is 4.98 Å². The monoisotopic (exact) mass is 367 g/mol. The summed E-state index contributed by atoms with van der Waals surface area (Å²) in [7, 11) is 1.94. The van der Waals surface area contributed by atoms with Crippen LogP contribution in [0.5, 0.6) is 0 Å². The van der Waals surface area contributed by atoms with Crippen molar-refractivity contribution >= 4 is 23.0 Å². The molecule has 140 valence electrons. The summed E-state index contributed by atoms with van der Waals surface area (Å²) in [6.07, 6.45) is 12.1. The molecule has 1 aromatic heterocycles. The zero-order valence-corrected chi connectivity index (χ0v) is 16.7. The van der Waals surface area contributed by atoms with Gasteiger partial charge in [0.1, 0.15) is 0 Å². The van der Waals surface area contributed by atoms with Crippen molar-refractivity contribution in [2.45, 2.75) is 26.7 Å². The number of hydrogen-bond donors (Lipinski definition) is 1. The number of aliphatic imine (C=N–C) groups is 1. The van der Waals surface area contributed by atoms with Crippen LogP contribution in [0.1, 0.15) is 41.8 Å². The first-order valence-corrected chi connectivity index (χ1v) is 9.65. The molecule has 3 nitrogen and oxygen atoms in total. The van der Waals surface area contributed by atoms with Crippen molar-refractivity contribution in [3.05, 3.63) is 94.5 Å². The van der Waals surface area contributed by atoms with Crippen molar-refractivity contribution < 1.29 is 0 Å². The van der Waals surface area contributed by atoms with Gasteiger partial charge < -0.3 is 5.32 Å². The molecule has 0 amide bonds. The van der Waals surface area contributed by atoms with Crippen LogP contribution < -0.4 is 5.32 Å². The molecule has 1 aliphatic heterocycles. The fourth-order valence-corrected chi connectivity index (χ4v) is 3.94. The molecule has 0 atom stereocenters. The van der Waals surface area contributed by atoms with E-state index >= 15 is 0 Å². The molecule has 0 saturated carbocycles. The van der Waals surface area contributed by atoms with Crippen LogP contribution in [0.15, 0.2) is 71.5 Å². The second-order valence-electron chi connectivity index (χ2n) is 7.32. The Bertz CT molecular complexity index is 1080. The first-order chi connectivity index (χ1) is 13.6. The number of nitrogens with zero attached hydrogens (tertiary/aromatic N) is 2. The average Bonchev–Trinajstić information content (AvgIpc) is 2.96. The highest BCUT2D eigenvalue weighted by molar-refractivity contribution is 5.88. The van der Waals surface area contributed by atoms with Crippen LogP contribution >= 0.6 is 0 Å². The fourth-order valence-electron chi connectivity index (χ4n) is 3.94. The van der Waals surface area contributed by atoms with Crippen LogP contribution in [0.4, 0.5) is 5.69 Å². The number of benzene rings is 1. The maximum absolute atomic E-state index is 4.77. The van der Waals surface area contributed by atoms with Gasteiger partial charge in [-0.1, -0.05) is 24.8 Å². The molecule has 0 radical (unpaired) electrons. The van der Waals surface area contributed by atoms with Crippen molar-refractivity contribution in [3.63, 3.8) is 0 Å². The highest BCUT2D eigenvalue weighted by Crippen LogP contribution is 2.36. The molecule has 0 fully saturated rings. The standard InChI is InChI=1S/C25H25N3/c1-16(2)25(17(3)26-4)20-14-22-21(9-11-24(22)28-15-20)18-8-10-23-19(13-18)7-5-6-12-27-23/h5-6,8-10,12-15,26H,1,7,11H2,2-4H3/b25-17+. The Morgan fingerprint density at radius 3 is 2.79 bits per heavy atom. The minimum absolute atomic E-state index is 0.872. The van der Waals surface area contributed by atoms with Crippen LogP contribution in [-0.2, 0) is 12.8 Å². The molecule has 28 heavy (non-hydrogen) atoms. The van der Waals surface area contributed by atoms with E-state index in [2.05, 4.69) is 60.2 Å². The lowest BCUT2D eigenvalue weighted by Crippen LogP contribution is -2.07. The summed E-state index contributed by atoms with van der Waals surface area (Å²) in [4.78, 5) is 9.29. The first-order valence-electron chi connectivity index (χ1n) is 9.65. The van der Waals surface area contributed by atoms with E-state index in [1.807, 2.05) is 32.5 Å². The second kappa shape index (κ2) is 7.43. The minimum atomic E-state index is 0.872. The van der Waals surface area contributed by atoms with Gasteiger partial charge >= 0.3 is 0 Å². The largest absolute Gasteiger partial charge is 0.391 e. The van der Waals surface area contributed by atoms with Gasteiger partial charge in [0.2, 0.25) is 0 Å². The number of hydrogen-bond acceptors (Lipinski definition) is 3. The van der Waals surface area contributed by atoms with Crippen molar-refractivity contribution in [2.75, 3.05) is 7.05 Å². The summed E-state index contributed by atoms with van der Waals surface area (Å²) in [5.41, 5.74) is 11.5. The molecule has 2 aliphatic rings. The maximum Gasteiger partial charge on any atom is 0.0665 e. The molecule has 4 rings (SSSR count). The Kier molecular flexibility index (Phi) is 4.82. The molecule has 2 heterocycles. The third kappa shape index (κ3) is 3.24. The van der Waals surface area contributed by atoms with Gasteiger partial charge in [-0.05, 0) is 66.8 Å². The summed E-state index contributed by atoms with van der Waals surface area (Å²) < 4.78 is 0. The van der Waals surface area contributed by atoms with Crippen LogP contribution in [-0.4, -0.2) is 18.2 Å². The number of pyridine rings is 1. The van der Waals surface area contributed by atoms with Gasteiger partial charge in [-0.25, -0.2) is 0 Å². The van der Waals surface area contributed by atoms with Gasteiger partial charge in [0.25, 0.3) is 0 Å². The predicted molar refractivity (Wildman–Crippen MR) is 119 cm³/mol. The molecular formula is C25H25N3. The second-order valence-corrected chi connectivity index (χ2v) is 7.32. The number of allylic oxidation sites excluding steroid dienone is 6. The lowest BCUT2D eigenvalue weighted by atomic mass is 9.93. The van der Waals surface area contributed by atoms with Gasteiger partial charge in [0, 0.05) is 48.3 Å². The van der Waals surface area contributed by atoms with Crippen LogP contribution in [0.25, 0.3) is 11.1 Å². The van der Waals surface area contributed by atoms with Crippen LogP contribution in [0, 0.1) is 0 Å². The van der Waals surface area contributed by atoms with Gasteiger partial charge in [0.15, 0.2) is 0 Å². The molecule has 1 aromatic carbocycles. The first kappa shape index (κ1) is 18.2. The Balaban J connectivity index is 1.78. The molecule has 1 aliphatic carbocycles. The summed E-state index contributed by atoms with van der Waals surface area (Å²) in [6, 6.07) is 8.82. The van der Waals surface area contributed by atoms with Crippen molar-refractivity contribution in [1.29, 1.82) is 0 Å². The topological polar surface area (TPSA) is 37.3 Å². The van der Waals surface area contributed by atoms with Crippen molar-refractivity contribution in [3.8, 4) is 0 Å². The van der Waals surface area contributed by atoms with E-state index in [-0.39, 0.29) is 0 Å². The van der Waals surface area contributed by atoms with Crippen molar-refractivity contribution in [2.24, 2.45) is 4.99 Å². The zero-order chi connectivity index (χ0) is 19.7. The van der Waals surface area contributed by atoms with Gasteiger partial charge in [-0.3, -0.25) is 9.98 Å². The van der Waals surface area contributed by atoms with E-state index < -0.39 is 0 Å². The Labute approximate surface area is 166 Å². The Morgan fingerprint density at radius 1 is 1.14 bits per heavy atom. The number of rotatable bonds is 4. The number of fused-ring (bicyclic) bond motifs is 2. The smallest absolute Gasteiger partial charge is 0.0665 e. The van der Waals surface area contributed by atoms with E-state index in [1.54, 1.807) is 0 Å². The summed E-state index contributed by atoms with van der Waals surface area (Å²) in [5.74, 6) is 0. The van der Waals surface area contributed by atoms with E-state index in [0.717, 1.165) is 46.6 Å². The molecule has 0 bridgehead atoms. The lowest BCUT2D eigenvalue weighted by Gasteiger charge is -2.15. The number of aromatic nitrogens is 1. The van der Waals surface area contributed by atoms with Gasteiger partial charge in [-0.15, -0.1) is 0 Å². The maximum atomic E-state index is 4.77. The summed E-state index contributed by atoms with van der Waals surface area (Å²) >= 11 is 0. The van der Waals surface area contributed by atoms with Crippen LogP contribution in [0.3, 0.4) is 0 Å². The van der Waals surface area contributed by atoms with E-state index in [9.17, 15) is 0 Å². The molecule has 3 heteroatoms. The quantitative estimate of drug-likeness (QED) is 0.734. The fraction of sp³-hybridized carbons (Fsp3) is 0.200. The lowest BCUT2D eigenvalue weighted by molar-refractivity contribution is 0.991. The van der Waals surface area contributed by atoms with Crippen molar-refractivity contribution in [1.82, 2.24) is 10.3 Å². The van der Waals surface area contributed by atoms with E-state index in [1.165, 1.54) is 22.3 Å². The molecule has 0 unspecified atom stereocenters. The van der Waals surface area contributed by atoms with Gasteiger partial charge in [0.05, 0.1) is 11.4 Å². The molecule has 2 aromatic rings. The third-order valence-corrected chi connectivity index (χ3v) is 5.39. The van der Waals surface area contributed by atoms with Crippen LogP contribution in [0.2, 0.25) is 0 Å². The highest BCUT2D eigenvalue weighted by Gasteiger charge is 2.20. The third-order valence-electron chi connectivity index (χ3n) is 5.39. The Hall–Kier alpha value is -3.20. The summed E-state index contributed by atoms with van der Waals surface area (Å²) in [5, 5.41) is 3.25. The molecule has 0 saturated heterocycles. The molecule has 0 spiro atoms. The predicted octanol–water partition coefficient (Wildman–Crippen LogP) is 5.41. The number of nitrogens with one attached hydrogen (secondary N) is 1. The van der Waals surface area contributed by atoms with Gasteiger partial charge in [-0.2, -0.15) is 0 Å². The minimum Gasteiger partial charge on any atom is -0.391 e. The zero-order valence-electron chi connectivity index (χ0n) is 16.7. The normalized spacial score (nSPS) is 15.3. The van der Waals surface area contributed by atoms with E-state index in [0.29, 0.717) is 0 Å². The Morgan fingerprint density at radius 2 is 2.00 bits per heavy atom. The molecular weight excluding hydrogens is 342 g/mol. The summed E-state index contributed by atoms with van der Waals surface area (Å²) in [6.45, 7) is 8.29. The molecule has 1 N–H and O–H groups in total. The SMILES string of the molecule is C=C(C)/C(=C(/C)NC)c1cnc2c(c1)C(c1ccc3c(c1)CC=CC=N3)=CC2. The average molecular weight is 367 g/mol. The highest BCUT2D eigenvalue weighted by atomic mass is 14.8.